The zero-order valence-corrected chi connectivity index (χ0v) is 13.9. The first-order valence-corrected chi connectivity index (χ1v) is 7.60. The fourth-order valence-corrected chi connectivity index (χ4v) is 2.48. The first-order valence-electron chi connectivity index (χ1n) is 6.05. The maximum absolute atomic E-state index is 10.9. The largest absolute Gasteiger partial charge is 0.489 e. The number of halogens is 3. The van der Waals surface area contributed by atoms with Gasteiger partial charge in [0, 0.05) is 9.50 Å². The number of ether oxygens (including phenoxy) is 2. The number of benzene rings is 2. The summed E-state index contributed by atoms with van der Waals surface area (Å²) in [6.07, 6.45) is 0.747. The Hall–Kier alpha value is -1.23. The second-order valence-corrected chi connectivity index (χ2v) is 5.83. The summed E-state index contributed by atoms with van der Waals surface area (Å²) in [4.78, 5) is 10.9. The summed E-state index contributed by atoms with van der Waals surface area (Å²) in [5, 5.41) is 0.994. The van der Waals surface area contributed by atoms with Crippen LogP contribution in [0.15, 0.2) is 40.9 Å². The van der Waals surface area contributed by atoms with Gasteiger partial charge in [-0.2, -0.15) is 0 Å². The molecule has 21 heavy (non-hydrogen) atoms. The molecule has 0 spiro atoms. The lowest BCUT2D eigenvalue weighted by Gasteiger charge is -2.11. The topological polar surface area (TPSA) is 35.5 Å². The Morgan fingerprint density at radius 3 is 2.33 bits per heavy atom. The maximum Gasteiger partial charge on any atom is 0.153 e. The molecule has 3 nitrogen and oxygen atoms in total. The fraction of sp³-hybridized carbons (Fsp3) is 0.133. The smallest absolute Gasteiger partial charge is 0.153 e. The first kappa shape index (κ1) is 16.1. The normalized spacial score (nSPS) is 10.2. The van der Waals surface area contributed by atoms with Crippen molar-refractivity contribution in [1.29, 1.82) is 0 Å². The van der Waals surface area contributed by atoms with Gasteiger partial charge in [-0.15, -0.1) is 0 Å². The van der Waals surface area contributed by atoms with Crippen LogP contribution in [-0.2, 0) is 0 Å². The molecule has 0 atom stereocenters. The van der Waals surface area contributed by atoms with Gasteiger partial charge >= 0.3 is 0 Å². The Morgan fingerprint density at radius 1 is 1.00 bits per heavy atom. The number of rotatable bonds is 6. The SMILES string of the molecule is O=Cc1cc(Br)ccc1OCCOc1ccc(Cl)cc1Cl. The van der Waals surface area contributed by atoms with Crippen LogP contribution in [0, 0.1) is 0 Å². The summed E-state index contributed by atoms with van der Waals surface area (Å²) < 4.78 is 11.8. The number of aldehydes is 1. The summed E-state index contributed by atoms with van der Waals surface area (Å²) in [6, 6.07) is 10.2. The van der Waals surface area contributed by atoms with E-state index in [1.807, 2.05) is 0 Å². The molecule has 0 N–H and O–H groups in total. The molecule has 0 saturated carbocycles. The molecule has 0 saturated heterocycles. The van der Waals surface area contributed by atoms with E-state index in [9.17, 15) is 4.79 Å². The van der Waals surface area contributed by atoms with Crippen LogP contribution >= 0.6 is 39.1 Å². The Morgan fingerprint density at radius 2 is 1.67 bits per heavy atom. The minimum Gasteiger partial charge on any atom is -0.489 e. The summed E-state index contributed by atoms with van der Waals surface area (Å²) in [5.74, 6) is 1.05. The van der Waals surface area contributed by atoms with Gasteiger partial charge in [-0.05, 0) is 36.4 Å². The molecule has 0 bridgehead atoms. The highest BCUT2D eigenvalue weighted by atomic mass is 79.9. The molecule has 110 valence electrons. The zero-order valence-electron chi connectivity index (χ0n) is 10.8. The van der Waals surface area contributed by atoms with Gasteiger partial charge in [-0.3, -0.25) is 4.79 Å². The molecule has 0 aliphatic rings. The standard InChI is InChI=1S/C15H11BrCl2O3/c16-11-1-3-14(10(7-11)9-19)20-5-6-21-15-4-2-12(17)8-13(15)18/h1-4,7-9H,5-6H2. The van der Waals surface area contributed by atoms with E-state index >= 15 is 0 Å². The van der Waals surface area contributed by atoms with E-state index < -0.39 is 0 Å². The maximum atomic E-state index is 10.9. The lowest BCUT2D eigenvalue weighted by atomic mass is 10.2. The van der Waals surface area contributed by atoms with Crippen LogP contribution in [0.2, 0.25) is 10.0 Å². The lowest BCUT2D eigenvalue weighted by molar-refractivity contribution is 0.111. The van der Waals surface area contributed by atoms with Crippen molar-refractivity contribution in [2.75, 3.05) is 13.2 Å². The van der Waals surface area contributed by atoms with Crippen LogP contribution in [0.3, 0.4) is 0 Å². The van der Waals surface area contributed by atoms with Crippen molar-refractivity contribution < 1.29 is 14.3 Å². The monoisotopic (exact) mass is 388 g/mol. The van der Waals surface area contributed by atoms with Crippen LogP contribution in [-0.4, -0.2) is 19.5 Å². The van der Waals surface area contributed by atoms with E-state index in [-0.39, 0.29) is 0 Å². The third-order valence-electron chi connectivity index (χ3n) is 2.59. The van der Waals surface area contributed by atoms with E-state index in [4.69, 9.17) is 32.7 Å². The Bertz CT molecular complexity index is 647. The Labute approximate surface area is 140 Å². The molecule has 2 rings (SSSR count). The molecule has 0 aliphatic heterocycles. The van der Waals surface area contributed by atoms with Gasteiger partial charge in [0.25, 0.3) is 0 Å². The molecule has 0 radical (unpaired) electrons. The predicted octanol–water partition coefficient (Wildman–Crippen LogP) is 5.03. The lowest BCUT2D eigenvalue weighted by Crippen LogP contribution is -2.10. The first-order chi connectivity index (χ1) is 10.1. The zero-order chi connectivity index (χ0) is 15.2. The highest BCUT2D eigenvalue weighted by Gasteiger charge is 2.05. The molecule has 0 unspecified atom stereocenters. The fourth-order valence-electron chi connectivity index (χ4n) is 1.64. The molecule has 0 aliphatic carbocycles. The molecule has 0 heterocycles. The second kappa shape index (κ2) is 7.69. The number of carbonyl (C=O) groups is 1. The molecule has 2 aromatic rings. The molecule has 0 aromatic heterocycles. The van der Waals surface area contributed by atoms with Gasteiger partial charge in [0.1, 0.15) is 24.7 Å². The summed E-state index contributed by atoms with van der Waals surface area (Å²) >= 11 is 15.1. The van der Waals surface area contributed by atoms with Crippen molar-refractivity contribution in [3.63, 3.8) is 0 Å². The van der Waals surface area contributed by atoms with E-state index in [1.54, 1.807) is 36.4 Å². The predicted molar refractivity (Wildman–Crippen MR) is 87.0 cm³/mol. The molecule has 0 fully saturated rings. The minimum absolute atomic E-state index is 0.293. The highest BCUT2D eigenvalue weighted by Crippen LogP contribution is 2.27. The van der Waals surface area contributed by atoms with Gasteiger partial charge < -0.3 is 9.47 Å². The van der Waals surface area contributed by atoms with E-state index in [2.05, 4.69) is 15.9 Å². The number of hydrogen-bond donors (Lipinski definition) is 0. The quantitative estimate of drug-likeness (QED) is 0.513. The molecule has 6 heteroatoms. The molecular formula is C15H11BrCl2O3. The Balaban J connectivity index is 1.89. The average Bonchev–Trinajstić information content (AvgIpc) is 2.46. The second-order valence-electron chi connectivity index (χ2n) is 4.07. The summed E-state index contributed by atoms with van der Waals surface area (Å²) in [7, 11) is 0. The van der Waals surface area contributed by atoms with Crippen LogP contribution in [0.5, 0.6) is 11.5 Å². The summed E-state index contributed by atoms with van der Waals surface area (Å²) in [5.41, 5.74) is 0.480. The van der Waals surface area contributed by atoms with Crippen molar-refractivity contribution in [2.45, 2.75) is 0 Å². The van der Waals surface area contributed by atoms with E-state index in [0.717, 1.165) is 10.8 Å². The number of hydrogen-bond acceptors (Lipinski definition) is 3. The number of carbonyl (C=O) groups excluding carboxylic acids is 1. The molecule has 2 aromatic carbocycles. The van der Waals surface area contributed by atoms with Gasteiger partial charge in [0.05, 0.1) is 10.6 Å². The third kappa shape index (κ3) is 4.63. The van der Waals surface area contributed by atoms with Crippen molar-refractivity contribution >= 4 is 45.4 Å². The minimum atomic E-state index is 0.293. The van der Waals surface area contributed by atoms with Gasteiger partial charge in [0.15, 0.2) is 6.29 Å². The Kier molecular flexibility index (Phi) is 5.91. The van der Waals surface area contributed by atoms with Crippen LogP contribution in [0.4, 0.5) is 0 Å². The van der Waals surface area contributed by atoms with Crippen LogP contribution < -0.4 is 9.47 Å². The van der Waals surface area contributed by atoms with Crippen LogP contribution in [0.1, 0.15) is 10.4 Å². The van der Waals surface area contributed by atoms with E-state index in [0.29, 0.717) is 40.3 Å². The van der Waals surface area contributed by atoms with Gasteiger partial charge in [-0.25, -0.2) is 0 Å². The van der Waals surface area contributed by atoms with Crippen molar-refractivity contribution in [3.05, 3.63) is 56.5 Å². The highest BCUT2D eigenvalue weighted by molar-refractivity contribution is 9.10. The molecule has 0 amide bonds. The van der Waals surface area contributed by atoms with Crippen LogP contribution in [0.25, 0.3) is 0 Å². The van der Waals surface area contributed by atoms with Gasteiger partial charge in [0.2, 0.25) is 0 Å². The molecular weight excluding hydrogens is 379 g/mol. The summed E-state index contributed by atoms with van der Waals surface area (Å²) in [6.45, 7) is 0.594. The van der Waals surface area contributed by atoms with Crippen molar-refractivity contribution in [1.82, 2.24) is 0 Å². The van der Waals surface area contributed by atoms with Crippen molar-refractivity contribution in [2.24, 2.45) is 0 Å². The third-order valence-corrected chi connectivity index (χ3v) is 3.61. The average molecular weight is 390 g/mol. The van der Waals surface area contributed by atoms with E-state index in [1.165, 1.54) is 0 Å². The van der Waals surface area contributed by atoms with Crippen molar-refractivity contribution in [3.8, 4) is 11.5 Å². The van der Waals surface area contributed by atoms with Gasteiger partial charge in [-0.1, -0.05) is 39.1 Å².